The number of piperidine rings is 1. The minimum absolute atomic E-state index is 0.0598. The molecule has 2 aromatic heterocycles. The summed E-state index contributed by atoms with van der Waals surface area (Å²) in [4.78, 5) is 29.3. The molecular weight excluding hydrogens is 344 g/mol. The zero-order valence-corrected chi connectivity index (χ0v) is 16.6. The second kappa shape index (κ2) is 6.21. The lowest BCUT2D eigenvalue weighted by Crippen LogP contribution is -2.45. The molecule has 8 nitrogen and oxygen atoms in total. The summed E-state index contributed by atoms with van der Waals surface area (Å²) in [5, 5.41) is 9.02. The van der Waals surface area contributed by atoms with Crippen LogP contribution in [0.2, 0.25) is 0 Å². The molecule has 3 aliphatic heterocycles. The van der Waals surface area contributed by atoms with E-state index in [9.17, 15) is 9.59 Å². The van der Waals surface area contributed by atoms with Gasteiger partial charge in [0.15, 0.2) is 0 Å². The van der Waals surface area contributed by atoms with Gasteiger partial charge in [-0.3, -0.25) is 19.0 Å². The number of rotatable bonds is 2. The molecule has 5 heterocycles. The molecular formula is C19H26N6O2. The van der Waals surface area contributed by atoms with E-state index in [0.29, 0.717) is 18.8 Å². The van der Waals surface area contributed by atoms with Crippen LogP contribution in [0.25, 0.3) is 11.3 Å². The molecule has 3 saturated heterocycles. The van der Waals surface area contributed by atoms with Gasteiger partial charge in [0.1, 0.15) is 5.69 Å². The van der Waals surface area contributed by atoms with E-state index in [4.69, 9.17) is 0 Å². The molecule has 0 unspecified atom stereocenters. The minimum atomic E-state index is -0.0896. The molecule has 27 heavy (non-hydrogen) atoms. The minimum Gasteiger partial charge on any atom is -0.341 e. The number of aromatic nitrogens is 4. The number of hydrogen-bond donors (Lipinski definition) is 0. The molecule has 0 N–H and O–H groups in total. The van der Waals surface area contributed by atoms with Crippen molar-refractivity contribution in [2.45, 2.75) is 32.7 Å². The number of aryl methyl sites for hydroxylation is 3. The molecule has 2 bridgehead atoms. The molecule has 2 atom stereocenters. The van der Waals surface area contributed by atoms with Gasteiger partial charge in [0.25, 0.3) is 5.91 Å². The van der Waals surface area contributed by atoms with Gasteiger partial charge in [0.05, 0.1) is 17.3 Å². The van der Waals surface area contributed by atoms with Crippen molar-refractivity contribution in [1.29, 1.82) is 0 Å². The Hall–Kier alpha value is -2.64. The van der Waals surface area contributed by atoms with E-state index in [1.54, 1.807) is 11.7 Å². The lowest BCUT2D eigenvalue weighted by atomic mass is 9.95. The van der Waals surface area contributed by atoms with E-state index in [1.807, 2.05) is 48.5 Å². The maximum absolute atomic E-state index is 13.2. The van der Waals surface area contributed by atoms with Crippen LogP contribution in [-0.4, -0.2) is 67.4 Å². The third-order valence-corrected chi connectivity index (χ3v) is 6.12. The molecule has 3 aliphatic rings. The van der Waals surface area contributed by atoms with E-state index in [-0.39, 0.29) is 23.8 Å². The predicted molar refractivity (Wildman–Crippen MR) is 100 cm³/mol. The fourth-order valence-electron chi connectivity index (χ4n) is 4.42. The third-order valence-electron chi connectivity index (χ3n) is 6.12. The highest BCUT2D eigenvalue weighted by Crippen LogP contribution is 2.30. The molecule has 0 aromatic carbocycles. The Morgan fingerprint density at radius 3 is 2.48 bits per heavy atom. The summed E-state index contributed by atoms with van der Waals surface area (Å²) in [6.07, 6.45) is 1.82. The normalized spacial score (nSPS) is 22.5. The molecule has 0 saturated carbocycles. The Morgan fingerprint density at radius 1 is 1.07 bits per heavy atom. The summed E-state index contributed by atoms with van der Waals surface area (Å²) in [7, 11) is 5.55. The molecule has 2 amide bonds. The highest BCUT2D eigenvalue weighted by molar-refractivity contribution is 5.94. The van der Waals surface area contributed by atoms with Crippen molar-refractivity contribution >= 4 is 11.8 Å². The van der Waals surface area contributed by atoms with Crippen molar-refractivity contribution < 1.29 is 9.59 Å². The smallest absolute Gasteiger partial charge is 0.272 e. The van der Waals surface area contributed by atoms with E-state index in [0.717, 1.165) is 35.5 Å². The van der Waals surface area contributed by atoms with Crippen molar-refractivity contribution in [3.8, 4) is 11.3 Å². The summed E-state index contributed by atoms with van der Waals surface area (Å²) >= 11 is 0. The first kappa shape index (κ1) is 17.8. The fourth-order valence-corrected chi connectivity index (χ4v) is 4.42. The van der Waals surface area contributed by atoms with Gasteiger partial charge in [-0.1, -0.05) is 0 Å². The third kappa shape index (κ3) is 2.74. The van der Waals surface area contributed by atoms with E-state index < -0.39 is 0 Å². The van der Waals surface area contributed by atoms with E-state index in [1.165, 1.54) is 0 Å². The SMILES string of the molecule is Cc1nn(C)c(C)c1-c1cc(C(=O)N2C[C@H]3CC[C@@H](C2)N(C)C3=O)n(C)n1. The summed E-state index contributed by atoms with van der Waals surface area (Å²) in [5.41, 5.74) is 4.19. The van der Waals surface area contributed by atoms with Crippen LogP contribution in [0.4, 0.5) is 0 Å². The van der Waals surface area contributed by atoms with Crippen molar-refractivity contribution in [2.75, 3.05) is 20.1 Å². The highest BCUT2D eigenvalue weighted by Gasteiger charge is 2.40. The van der Waals surface area contributed by atoms with Gasteiger partial charge in [0, 0.05) is 51.5 Å². The number of fused-ring (bicyclic) bond motifs is 4. The Kier molecular flexibility index (Phi) is 4.09. The number of nitrogens with zero attached hydrogens (tertiary/aromatic N) is 6. The quantitative estimate of drug-likeness (QED) is 0.794. The van der Waals surface area contributed by atoms with Crippen molar-refractivity contribution in [2.24, 2.45) is 20.0 Å². The van der Waals surface area contributed by atoms with E-state index >= 15 is 0 Å². The largest absolute Gasteiger partial charge is 0.341 e. The van der Waals surface area contributed by atoms with Gasteiger partial charge in [-0.15, -0.1) is 0 Å². The molecule has 5 rings (SSSR count). The van der Waals surface area contributed by atoms with Crippen molar-refractivity contribution in [1.82, 2.24) is 29.4 Å². The number of carbonyl (C=O) groups excluding carboxylic acids is 2. The number of hydrogen-bond acceptors (Lipinski definition) is 4. The predicted octanol–water partition coefficient (Wildman–Crippen LogP) is 1.13. The van der Waals surface area contributed by atoms with Crippen LogP contribution >= 0.6 is 0 Å². The van der Waals surface area contributed by atoms with Crippen molar-refractivity contribution in [3.05, 3.63) is 23.1 Å². The standard InChI is InChI=1S/C19H26N6O2/c1-11-17(12(2)23(4)20-11)15-8-16(24(5)21-15)19(27)25-9-13-6-7-14(10-25)22(3)18(13)26/h8,13-14H,6-7,9-10H2,1-5H3/t13-,14+/m1/s1. The van der Waals surface area contributed by atoms with Gasteiger partial charge in [-0.25, -0.2) is 0 Å². The summed E-state index contributed by atoms with van der Waals surface area (Å²) in [5.74, 6) is 0.0116. The van der Waals surface area contributed by atoms with Crippen LogP contribution in [-0.2, 0) is 18.9 Å². The van der Waals surface area contributed by atoms with Gasteiger partial charge >= 0.3 is 0 Å². The fraction of sp³-hybridized carbons (Fsp3) is 0.579. The maximum Gasteiger partial charge on any atom is 0.272 e. The number of likely N-dealkylation sites (N-methyl/N-ethyl adjacent to an activating group) is 1. The van der Waals surface area contributed by atoms with Gasteiger partial charge in [-0.05, 0) is 32.8 Å². The highest BCUT2D eigenvalue weighted by atomic mass is 16.2. The molecule has 3 fully saturated rings. The van der Waals surface area contributed by atoms with Crippen LogP contribution in [0.3, 0.4) is 0 Å². The zero-order valence-electron chi connectivity index (χ0n) is 16.6. The maximum atomic E-state index is 13.2. The topological polar surface area (TPSA) is 76.3 Å². The molecule has 0 radical (unpaired) electrons. The second-order valence-electron chi connectivity index (χ2n) is 7.80. The summed E-state index contributed by atoms with van der Waals surface area (Å²) in [6, 6.07) is 1.95. The van der Waals surface area contributed by atoms with Gasteiger partial charge in [0.2, 0.25) is 5.91 Å². The number of amides is 2. The average molecular weight is 370 g/mol. The van der Waals surface area contributed by atoms with Crippen LogP contribution in [0.15, 0.2) is 6.07 Å². The second-order valence-corrected chi connectivity index (χ2v) is 7.80. The molecule has 144 valence electrons. The van der Waals surface area contributed by atoms with Crippen LogP contribution in [0, 0.1) is 19.8 Å². The Morgan fingerprint density at radius 2 is 1.81 bits per heavy atom. The summed E-state index contributed by atoms with van der Waals surface area (Å²) in [6.45, 7) is 5.03. The van der Waals surface area contributed by atoms with Crippen LogP contribution < -0.4 is 0 Å². The zero-order chi connectivity index (χ0) is 19.5. The first-order chi connectivity index (χ1) is 12.8. The Bertz CT molecular complexity index is 927. The molecule has 8 heteroatoms. The van der Waals surface area contributed by atoms with Gasteiger partial charge in [-0.2, -0.15) is 10.2 Å². The van der Waals surface area contributed by atoms with Crippen molar-refractivity contribution in [3.63, 3.8) is 0 Å². The number of carbonyl (C=O) groups is 2. The first-order valence-electron chi connectivity index (χ1n) is 9.38. The van der Waals surface area contributed by atoms with E-state index in [2.05, 4.69) is 10.2 Å². The van der Waals surface area contributed by atoms with Gasteiger partial charge < -0.3 is 9.80 Å². The Balaban J connectivity index is 1.65. The molecule has 2 aromatic rings. The summed E-state index contributed by atoms with van der Waals surface area (Å²) < 4.78 is 3.47. The molecule has 0 aliphatic carbocycles. The first-order valence-corrected chi connectivity index (χ1v) is 9.38. The van der Waals surface area contributed by atoms with Crippen LogP contribution in [0.5, 0.6) is 0 Å². The lowest BCUT2D eigenvalue weighted by Gasteiger charge is -2.32. The van der Waals surface area contributed by atoms with Crippen LogP contribution in [0.1, 0.15) is 34.7 Å². The molecule has 0 spiro atoms. The average Bonchev–Trinajstić information content (AvgIpc) is 2.97. The monoisotopic (exact) mass is 370 g/mol. The Labute approximate surface area is 158 Å². The lowest BCUT2D eigenvalue weighted by molar-refractivity contribution is -0.138.